The second-order valence-corrected chi connectivity index (χ2v) is 8.10. The van der Waals surface area contributed by atoms with Gasteiger partial charge in [0.25, 0.3) is 0 Å². The van der Waals surface area contributed by atoms with Gasteiger partial charge in [-0.2, -0.15) is 0 Å². The number of rotatable bonds is 2. The molecule has 1 amide bonds. The average Bonchev–Trinajstić information content (AvgIpc) is 2.61. The van der Waals surface area contributed by atoms with Crippen LogP contribution in [0.1, 0.15) is 39.2 Å². The van der Waals surface area contributed by atoms with E-state index in [4.69, 9.17) is 0 Å². The van der Waals surface area contributed by atoms with Gasteiger partial charge >= 0.3 is 0 Å². The Morgan fingerprint density at radius 2 is 1.67 bits per heavy atom. The highest BCUT2D eigenvalue weighted by Crippen LogP contribution is 2.32. The minimum Gasteiger partial charge on any atom is -0.368 e. The molecular weight excluding hydrogens is 298 g/mol. The summed E-state index contributed by atoms with van der Waals surface area (Å²) in [6.07, 6.45) is 1.98. The first-order valence-corrected chi connectivity index (χ1v) is 9.31. The summed E-state index contributed by atoms with van der Waals surface area (Å²) in [6, 6.07) is 8.71. The monoisotopic (exact) mass is 329 g/mol. The quantitative estimate of drug-likeness (QED) is 0.906. The van der Waals surface area contributed by atoms with Gasteiger partial charge in [-0.3, -0.25) is 4.79 Å². The molecule has 0 unspecified atom stereocenters. The molecule has 4 nitrogen and oxygen atoms in total. The van der Waals surface area contributed by atoms with Crippen LogP contribution in [0.15, 0.2) is 24.3 Å². The van der Waals surface area contributed by atoms with E-state index in [2.05, 4.69) is 60.2 Å². The van der Waals surface area contributed by atoms with Crippen LogP contribution >= 0.6 is 0 Å². The van der Waals surface area contributed by atoms with E-state index in [9.17, 15) is 4.79 Å². The molecule has 0 radical (unpaired) electrons. The molecule has 0 aromatic heterocycles. The Morgan fingerprint density at radius 3 is 2.29 bits per heavy atom. The highest BCUT2D eigenvalue weighted by molar-refractivity contribution is 5.79. The zero-order valence-electron chi connectivity index (χ0n) is 15.3. The number of piperazine rings is 1. The summed E-state index contributed by atoms with van der Waals surface area (Å²) in [5.41, 5.74) is 2.86. The lowest BCUT2D eigenvalue weighted by molar-refractivity contribution is -0.136. The number of hydrogen-bond acceptors (Lipinski definition) is 3. The van der Waals surface area contributed by atoms with Crippen LogP contribution in [0.2, 0.25) is 0 Å². The number of piperidine rings is 1. The molecule has 3 rings (SSSR count). The zero-order valence-corrected chi connectivity index (χ0v) is 15.3. The molecule has 2 aliphatic rings. The number of hydrogen-bond donors (Lipinski definition) is 1. The predicted octanol–water partition coefficient (Wildman–Crippen LogP) is 2.63. The van der Waals surface area contributed by atoms with Crippen molar-refractivity contribution in [3.05, 3.63) is 29.8 Å². The fraction of sp³-hybridized carbons (Fsp3) is 0.650. The van der Waals surface area contributed by atoms with Crippen molar-refractivity contribution in [2.24, 2.45) is 5.92 Å². The largest absolute Gasteiger partial charge is 0.368 e. The predicted molar refractivity (Wildman–Crippen MR) is 99.5 cm³/mol. The van der Waals surface area contributed by atoms with E-state index < -0.39 is 0 Å². The third-order valence-corrected chi connectivity index (χ3v) is 5.33. The summed E-state index contributed by atoms with van der Waals surface area (Å²) in [7, 11) is 0. The molecule has 132 valence electrons. The summed E-state index contributed by atoms with van der Waals surface area (Å²) in [4.78, 5) is 17.2. The molecule has 2 fully saturated rings. The van der Waals surface area contributed by atoms with Crippen LogP contribution in [0, 0.1) is 5.92 Å². The summed E-state index contributed by atoms with van der Waals surface area (Å²) in [5.74, 6) is 0.611. The van der Waals surface area contributed by atoms with E-state index in [1.165, 1.54) is 11.3 Å². The SMILES string of the molecule is CC(C)(C)c1ccccc1N1CCN(C(=O)C2CCNCC2)CC1. The Morgan fingerprint density at radius 1 is 1.04 bits per heavy atom. The zero-order chi connectivity index (χ0) is 17.2. The number of anilines is 1. The molecule has 2 aliphatic heterocycles. The maximum atomic E-state index is 12.7. The van der Waals surface area contributed by atoms with Crippen LogP contribution in [0.4, 0.5) is 5.69 Å². The van der Waals surface area contributed by atoms with E-state index in [0.717, 1.165) is 52.1 Å². The van der Waals surface area contributed by atoms with Crippen LogP contribution in [0.5, 0.6) is 0 Å². The Labute approximate surface area is 146 Å². The van der Waals surface area contributed by atoms with Crippen LogP contribution in [0.25, 0.3) is 0 Å². The van der Waals surface area contributed by atoms with Crippen molar-refractivity contribution in [1.29, 1.82) is 0 Å². The van der Waals surface area contributed by atoms with Gasteiger partial charge in [0.05, 0.1) is 0 Å². The van der Waals surface area contributed by atoms with Crippen molar-refractivity contribution >= 4 is 11.6 Å². The second-order valence-electron chi connectivity index (χ2n) is 8.10. The maximum absolute atomic E-state index is 12.7. The molecular formula is C20H31N3O. The number of carbonyl (C=O) groups is 1. The molecule has 0 bridgehead atoms. The maximum Gasteiger partial charge on any atom is 0.225 e. The lowest BCUT2D eigenvalue weighted by Crippen LogP contribution is -2.51. The molecule has 24 heavy (non-hydrogen) atoms. The van der Waals surface area contributed by atoms with Gasteiger partial charge < -0.3 is 15.1 Å². The number of nitrogens with zero attached hydrogens (tertiary/aromatic N) is 2. The normalized spacial score (nSPS) is 20.3. The fourth-order valence-electron chi connectivity index (χ4n) is 3.88. The molecule has 2 saturated heterocycles. The van der Waals surface area contributed by atoms with E-state index in [0.29, 0.717) is 5.91 Å². The number of para-hydroxylation sites is 1. The molecule has 0 aliphatic carbocycles. The summed E-state index contributed by atoms with van der Waals surface area (Å²) < 4.78 is 0. The summed E-state index contributed by atoms with van der Waals surface area (Å²) in [5, 5.41) is 3.34. The van der Waals surface area contributed by atoms with Crippen LogP contribution in [-0.2, 0) is 10.2 Å². The Hall–Kier alpha value is -1.55. The number of benzene rings is 1. The number of amides is 1. The smallest absolute Gasteiger partial charge is 0.225 e. The highest BCUT2D eigenvalue weighted by Gasteiger charge is 2.29. The Kier molecular flexibility index (Phi) is 5.14. The van der Waals surface area contributed by atoms with Gasteiger partial charge in [0.15, 0.2) is 0 Å². The molecule has 0 atom stereocenters. The first kappa shape index (κ1) is 17.3. The van der Waals surface area contributed by atoms with Crippen LogP contribution in [-0.4, -0.2) is 50.1 Å². The van der Waals surface area contributed by atoms with Gasteiger partial charge in [-0.05, 0) is 43.0 Å². The molecule has 1 aromatic carbocycles. The highest BCUT2D eigenvalue weighted by atomic mass is 16.2. The van der Waals surface area contributed by atoms with Crippen molar-refractivity contribution in [1.82, 2.24) is 10.2 Å². The minimum atomic E-state index is 0.138. The van der Waals surface area contributed by atoms with Gasteiger partial charge in [0, 0.05) is 37.8 Å². The lowest BCUT2D eigenvalue weighted by Gasteiger charge is -2.40. The fourth-order valence-corrected chi connectivity index (χ4v) is 3.88. The number of nitrogens with one attached hydrogen (secondary N) is 1. The van der Waals surface area contributed by atoms with Crippen molar-refractivity contribution in [3.63, 3.8) is 0 Å². The van der Waals surface area contributed by atoms with Crippen molar-refractivity contribution in [2.75, 3.05) is 44.2 Å². The third-order valence-electron chi connectivity index (χ3n) is 5.33. The lowest BCUT2D eigenvalue weighted by atomic mass is 9.85. The third kappa shape index (κ3) is 3.75. The summed E-state index contributed by atoms with van der Waals surface area (Å²) in [6.45, 7) is 12.3. The minimum absolute atomic E-state index is 0.138. The molecule has 2 heterocycles. The molecule has 1 N–H and O–H groups in total. The van der Waals surface area contributed by atoms with Crippen molar-refractivity contribution < 1.29 is 4.79 Å². The van der Waals surface area contributed by atoms with Crippen molar-refractivity contribution in [2.45, 2.75) is 39.0 Å². The van der Waals surface area contributed by atoms with Gasteiger partial charge in [-0.1, -0.05) is 39.0 Å². The first-order chi connectivity index (χ1) is 11.5. The van der Waals surface area contributed by atoms with Gasteiger partial charge in [0.2, 0.25) is 5.91 Å². The first-order valence-electron chi connectivity index (χ1n) is 9.31. The summed E-state index contributed by atoms with van der Waals surface area (Å²) >= 11 is 0. The van der Waals surface area contributed by atoms with E-state index in [1.54, 1.807) is 0 Å². The molecule has 0 spiro atoms. The molecule has 1 aromatic rings. The molecule has 4 heteroatoms. The van der Waals surface area contributed by atoms with E-state index >= 15 is 0 Å². The van der Waals surface area contributed by atoms with E-state index in [-0.39, 0.29) is 11.3 Å². The van der Waals surface area contributed by atoms with Crippen molar-refractivity contribution in [3.8, 4) is 0 Å². The van der Waals surface area contributed by atoms with Gasteiger partial charge in [0.1, 0.15) is 0 Å². The Bertz CT molecular complexity index is 564. The topological polar surface area (TPSA) is 35.6 Å². The standard InChI is InChI=1S/C20H31N3O/c1-20(2,3)17-6-4-5-7-18(17)22-12-14-23(15-13-22)19(24)16-8-10-21-11-9-16/h4-7,16,21H,8-15H2,1-3H3. The van der Waals surface area contributed by atoms with Gasteiger partial charge in [-0.15, -0.1) is 0 Å². The van der Waals surface area contributed by atoms with Crippen LogP contribution < -0.4 is 10.2 Å². The van der Waals surface area contributed by atoms with Gasteiger partial charge in [-0.25, -0.2) is 0 Å². The van der Waals surface area contributed by atoms with E-state index in [1.807, 2.05) is 0 Å². The average molecular weight is 329 g/mol. The molecule has 0 saturated carbocycles. The number of carbonyl (C=O) groups excluding carboxylic acids is 1. The van der Waals surface area contributed by atoms with Crippen LogP contribution in [0.3, 0.4) is 0 Å². The second kappa shape index (κ2) is 7.14. The Balaban J connectivity index is 1.64.